The van der Waals surface area contributed by atoms with Gasteiger partial charge in [-0.25, -0.2) is 4.39 Å². The molecule has 1 unspecified atom stereocenters. The molecule has 4 rings (SSSR count). The molecule has 1 fully saturated rings. The third kappa shape index (κ3) is 5.95. The SMILES string of the molecule is CC(C)c1cnc(C(NC(=O)[C@@H]2C[C@@H](F)CN2C(=O)Cc2cn[nH]n2)c2ccccc2)cc1C(F)(F)F. The zero-order valence-electron chi connectivity index (χ0n) is 20.2. The van der Waals surface area contributed by atoms with Gasteiger partial charge in [0, 0.05) is 12.6 Å². The van der Waals surface area contributed by atoms with Crippen LogP contribution in [0.25, 0.3) is 0 Å². The number of nitrogens with one attached hydrogen (secondary N) is 2. The van der Waals surface area contributed by atoms with Crippen LogP contribution in [0.5, 0.6) is 0 Å². The molecule has 8 nitrogen and oxygen atoms in total. The van der Waals surface area contributed by atoms with Gasteiger partial charge in [0.25, 0.3) is 0 Å². The molecule has 1 aliphatic rings. The van der Waals surface area contributed by atoms with Crippen molar-refractivity contribution in [2.24, 2.45) is 0 Å². The Labute approximate surface area is 210 Å². The van der Waals surface area contributed by atoms with Crippen LogP contribution >= 0.6 is 0 Å². The number of amides is 2. The van der Waals surface area contributed by atoms with E-state index in [1.165, 1.54) is 12.4 Å². The molecule has 1 aliphatic heterocycles. The molecule has 2 amide bonds. The minimum Gasteiger partial charge on any atom is -0.342 e. The molecule has 196 valence electrons. The summed E-state index contributed by atoms with van der Waals surface area (Å²) in [6.07, 6.45) is -3.93. The molecule has 0 radical (unpaired) electrons. The summed E-state index contributed by atoms with van der Waals surface area (Å²) < 4.78 is 56.0. The van der Waals surface area contributed by atoms with Gasteiger partial charge in [0.15, 0.2) is 0 Å². The number of halogens is 4. The standard InChI is InChI=1S/C25H26F4N6O2/c1-14(2)18-12-30-20(10-19(18)25(27,28)29)23(15-6-4-3-5-7-15)32-24(37)21-8-16(26)13-35(21)22(36)9-17-11-31-34-33-17/h3-7,10-12,14,16,21,23H,8-9,13H2,1-2H3,(H,32,37)(H,31,33,34)/t16-,21+,23?/m1/s1. The van der Waals surface area contributed by atoms with Crippen LogP contribution in [-0.4, -0.2) is 55.9 Å². The quantitative estimate of drug-likeness (QED) is 0.464. The third-order valence-corrected chi connectivity index (χ3v) is 6.27. The Balaban J connectivity index is 1.65. The number of aromatic nitrogens is 4. The van der Waals surface area contributed by atoms with Gasteiger partial charge in [-0.15, -0.1) is 0 Å². The summed E-state index contributed by atoms with van der Waals surface area (Å²) in [5, 5.41) is 12.6. The van der Waals surface area contributed by atoms with Gasteiger partial charge in [-0.2, -0.15) is 28.6 Å². The normalized spacial score (nSPS) is 18.7. The zero-order valence-corrected chi connectivity index (χ0v) is 20.2. The number of H-pyrrole nitrogens is 1. The molecular formula is C25H26F4N6O2. The number of aromatic amines is 1. The van der Waals surface area contributed by atoms with Gasteiger partial charge in [-0.3, -0.25) is 14.6 Å². The molecule has 3 heterocycles. The highest BCUT2D eigenvalue weighted by Crippen LogP contribution is 2.37. The summed E-state index contributed by atoms with van der Waals surface area (Å²) in [7, 11) is 0. The van der Waals surface area contributed by atoms with E-state index in [1.54, 1.807) is 44.2 Å². The predicted octanol–water partition coefficient (Wildman–Crippen LogP) is 3.73. The van der Waals surface area contributed by atoms with E-state index < -0.39 is 47.7 Å². The molecule has 0 aliphatic carbocycles. The second-order valence-corrected chi connectivity index (χ2v) is 9.23. The second-order valence-electron chi connectivity index (χ2n) is 9.23. The fourth-order valence-electron chi connectivity index (χ4n) is 4.43. The summed E-state index contributed by atoms with van der Waals surface area (Å²) in [5.41, 5.74) is 0.00482. The first kappa shape index (κ1) is 26.2. The molecule has 1 saturated heterocycles. The van der Waals surface area contributed by atoms with Gasteiger partial charge in [-0.1, -0.05) is 44.2 Å². The number of rotatable bonds is 7. The number of pyridine rings is 1. The van der Waals surface area contributed by atoms with Crippen LogP contribution in [0.3, 0.4) is 0 Å². The van der Waals surface area contributed by atoms with Crippen LogP contribution in [0, 0.1) is 0 Å². The number of benzene rings is 1. The van der Waals surface area contributed by atoms with Gasteiger partial charge in [0.1, 0.15) is 12.2 Å². The summed E-state index contributed by atoms with van der Waals surface area (Å²) in [4.78, 5) is 31.6. The Kier molecular flexibility index (Phi) is 7.55. The molecule has 0 saturated carbocycles. The van der Waals surface area contributed by atoms with E-state index in [-0.39, 0.29) is 30.6 Å². The van der Waals surface area contributed by atoms with E-state index in [9.17, 15) is 27.2 Å². The van der Waals surface area contributed by atoms with Gasteiger partial charge in [0.05, 0.1) is 42.2 Å². The number of carbonyl (C=O) groups is 2. The van der Waals surface area contributed by atoms with Crippen LogP contribution in [0.2, 0.25) is 0 Å². The molecule has 1 aromatic carbocycles. The molecule has 37 heavy (non-hydrogen) atoms. The van der Waals surface area contributed by atoms with Crippen LogP contribution in [0.1, 0.15) is 60.3 Å². The van der Waals surface area contributed by atoms with Crippen molar-refractivity contribution in [3.05, 3.63) is 76.9 Å². The number of nitrogens with zero attached hydrogens (tertiary/aromatic N) is 4. The molecule has 12 heteroatoms. The van der Waals surface area contributed by atoms with Crippen LogP contribution in [-0.2, 0) is 22.2 Å². The van der Waals surface area contributed by atoms with E-state index in [0.29, 0.717) is 11.3 Å². The largest absolute Gasteiger partial charge is 0.416 e. The van der Waals surface area contributed by atoms with E-state index >= 15 is 0 Å². The first-order valence-corrected chi connectivity index (χ1v) is 11.7. The third-order valence-electron chi connectivity index (χ3n) is 6.27. The Morgan fingerprint density at radius 3 is 2.54 bits per heavy atom. The van der Waals surface area contributed by atoms with E-state index in [1.807, 2.05) is 0 Å². The molecule has 3 atom stereocenters. The minimum atomic E-state index is -4.63. The van der Waals surface area contributed by atoms with E-state index in [0.717, 1.165) is 11.0 Å². The average molecular weight is 519 g/mol. The van der Waals surface area contributed by atoms with Crippen molar-refractivity contribution in [3.63, 3.8) is 0 Å². The average Bonchev–Trinajstić information content (AvgIpc) is 3.51. The molecule has 2 N–H and O–H groups in total. The minimum absolute atomic E-state index is 0.0217. The van der Waals surface area contributed by atoms with Crippen molar-refractivity contribution in [2.45, 2.75) is 57.0 Å². The highest BCUT2D eigenvalue weighted by Gasteiger charge is 2.41. The number of alkyl halides is 4. The Morgan fingerprint density at radius 1 is 1.19 bits per heavy atom. The van der Waals surface area contributed by atoms with Crippen molar-refractivity contribution in [1.82, 2.24) is 30.6 Å². The van der Waals surface area contributed by atoms with Crippen molar-refractivity contribution < 1.29 is 27.2 Å². The van der Waals surface area contributed by atoms with E-state index in [4.69, 9.17) is 0 Å². The maximum Gasteiger partial charge on any atom is 0.416 e. The monoisotopic (exact) mass is 518 g/mol. The van der Waals surface area contributed by atoms with Crippen molar-refractivity contribution in [1.29, 1.82) is 0 Å². The lowest BCUT2D eigenvalue weighted by molar-refractivity contribution is -0.138. The van der Waals surface area contributed by atoms with Gasteiger partial charge in [-0.05, 0) is 23.1 Å². The Hall–Kier alpha value is -3.83. The first-order chi connectivity index (χ1) is 17.5. The topological polar surface area (TPSA) is 104 Å². The maximum atomic E-state index is 14.4. The first-order valence-electron chi connectivity index (χ1n) is 11.7. The zero-order chi connectivity index (χ0) is 26.7. The van der Waals surface area contributed by atoms with Gasteiger partial charge < -0.3 is 10.2 Å². The number of carbonyl (C=O) groups excluding carboxylic acids is 2. The summed E-state index contributed by atoms with van der Waals surface area (Å²) in [6.45, 7) is 3.01. The molecule has 0 spiro atoms. The molecule has 2 aromatic heterocycles. The predicted molar refractivity (Wildman–Crippen MR) is 125 cm³/mol. The fourth-order valence-corrected chi connectivity index (χ4v) is 4.43. The van der Waals surface area contributed by atoms with Crippen LogP contribution in [0.4, 0.5) is 17.6 Å². The summed E-state index contributed by atoms with van der Waals surface area (Å²) in [6, 6.07) is 7.14. The molecule has 0 bridgehead atoms. The van der Waals surface area contributed by atoms with Gasteiger partial charge >= 0.3 is 6.18 Å². The van der Waals surface area contributed by atoms with Crippen molar-refractivity contribution in [2.75, 3.05) is 6.54 Å². The molecular weight excluding hydrogens is 492 g/mol. The lowest BCUT2D eigenvalue weighted by Crippen LogP contribution is -2.47. The second kappa shape index (κ2) is 10.7. The number of hydrogen-bond acceptors (Lipinski definition) is 5. The highest BCUT2D eigenvalue weighted by molar-refractivity contribution is 5.89. The van der Waals surface area contributed by atoms with Crippen LogP contribution in [0.15, 0.2) is 48.8 Å². The fraction of sp³-hybridized carbons (Fsp3) is 0.400. The number of likely N-dealkylation sites (tertiary alicyclic amines) is 1. The van der Waals surface area contributed by atoms with E-state index in [2.05, 4.69) is 25.7 Å². The molecule has 3 aromatic rings. The van der Waals surface area contributed by atoms with Crippen molar-refractivity contribution in [3.8, 4) is 0 Å². The number of hydrogen-bond donors (Lipinski definition) is 2. The van der Waals surface area contributed by atoms with Crippen molar-refractivity contribution >= 4 is 11.8 Å². The van der Waals surface area contributed by atoms with Gasteiger partial charge in [0.2, 0.25) is 11.8 Å². The smallest absolute Gasteiger partial charge is 0.342 e. The highest BCUT2D eigenvalue weighted by atomic mass is 19.4. The Bertz CT molecular complexity index is 1230. The lowest BCUT2D eigenvalue weighted by atomic mass is 9.95. The summed E-state index contributed by atoms with van der Waals surface area (Å²) >= 11 is 0. The van der Waals surface area contributed by atoms with Crippen LogP contribution < -0.4 is 5.32 Å². The lowest BCUT2D eigenvalue weighted by Gasteiger charge is -2.27. The summed E-state index contributed by atoms with van der Waals surface area (Å²) in [5.74, 6) is -1.62. The maximum absolute atomic E-state index is 14.4. The Morgan fingerprint density at radius 2 is 1.92 bits per heavy atom.